The summed E-state index contributed by atoms with van der Waals surface area (Å²) in [6, 6.07) is 0. The molecule has 0 atom stereocenters. The van der Waals surface area contributed by atoms with Gasteiger partial charge in [0.1, 0.15) is 0 Å². The summed E-state index contributed by atoms with van der Waals surface area (Å²) in [5.74, 6) is 0. The highest BCUT2D eigenvalue weighted by Crippen LogP contribution is 2.11. The first kappa shape index (κ1) is 11.7. The van der Waals surface area contributed by atoms with Crippen LogP contribution >= 0.6 is 8.60 Å². The van der Waals surface area contributed by atoms with Crippen molar-refractivity contribution < 1.29 is 14.7 Å². The molecule has 0 aromatic carbocycles. The number of hydrogen-bond acceptors (Lipinski definition) is 6. The maximum absolute atomic E-state index is 10.2. The number of rotatable bonds is 0. The molecule has 10 heteroatoms. The smallest absolute Gasteiger partial charge is 0.328 e. The minimum absolute atomic E-state index is 0.802. The van der Waals surface area contributed by atoms with Gasteiger partial charge < -0.3 is 14.7 Å². The molecule has 1 aromatic rings. The summed E-state index contributed by atoms with van der Waals surface area (Å²) in [4.78, 5) is 57.6. The first-order chi connectivity index (χ1) is 5.91. The molecule has 1 heterocycles. The molecule has 6 N–H and O–H groups in total. The zero-order valence-electron chi connectivity index (χ0n) is 6.01. The third-order valence-corrected chi connectivity index (χ3v) is 0.681. The van der Waals surface area contributed by atoms with Gasteiger partial charge in [0, 0.05) is 0 Å². The van der Waals surface area contributed by atoms with Crippen LogP contribution in [0.1, 0.15) is 0 Å². The van der Waals surface area contributed by atoms with E-state index in [0.29, 0.717) is 0 Å². The number of H-pyrrole nitrogens is 3. The van der Waals surface area contributed by atoms with Crippen LogP contribution in [0.15, 0.2) is 14.4 Å². The number of aromatic nitrogens is 3. The number of hydrogen-bond donors (Lipinski definition) is 6. The van der Waals surface area contributed by atoms with E-state index < -0.39 is 25.7 Å². The van der Waals surface area contributed by atoms with Crippen LogP contribution < -0.4 is 17.1 Å². The van der Waals surface area contributed by atoms with Crippen molar-refractivity contribution >= 4 is 8.60 Å². The second kappa shape index (κ2) is 5.38. The van der Waals surface area contributed by atoms with E-state index in [2.05, 4.69) is 0 Å². The molecule has 0 radical (unpaired) electrons. The minimum atomic E-state index is -2.62. The standard InChI is InChI=1S/C3H3N3O3.H3O3P/c7-1-4-2(8)6-3(9)5-1;1-4(2)3/h(H3,4,5,6,7,8,9);1-3H. The van der Waals surface area contributed by atoms with Crippen molar-refractivity contribution in [3.63, 3.8) is 0 Å². The van der Waals surface area contributed by atoms with Gasteiger partial charge in [0.05, 0.1) is 0 Å². The summed E-state index contributed by atoms with van der Waals surface area (Å²) < 4.78 is 0. The van der Waals surface area contributed by atoms with Crippen molar-refractivity contribution in [3.8, 4) is 0 Å². The van der Waals surface area contributed by atoms with E-state index in [4.69, 9.17) is 14.7 Å². The lowest BCUT2D eigenvalue weighted by molar-refractivity contribution is 0.368. The quantitative estimate of drug-likeness (QED) is 0.250. The Morgan fingerprint density at radius 2 is 0.923 bits per heavy atom. The Morgan fingerprint density at radius 3 is 1.08 bits per heavy atom. The van der Waals surface area contributed by atoms with Gasteiger partial charge in [0.2, 0.25) is 0 Å². The predicted molar refractivity (Wildman–Crippen MR) is 41.9 cm³/mol. The SMILES string of the molecule is O=c1[nH]c(=O)[nH]c(=O)[nH]1.OP(O)O. The zero-order chi connectivity index (χ0) is 10.4. The number of aromatic amines is 3. The minimum Gasteiger partial charge on any atom is -0.328 e. The second-order valence-corrected chi connectivity index (χ2v) is 2.17. The molecular weight excluding hydrogens is 205 g/mol. The van der Waals surface area contributed by atoms with Gasteiger partial charge in [-0.25, -0.2) is 14.4 Å². The van der Waals surface area contributed by atoms with Crippen molar-refractivity contribution in [2.45, 2.75) is 0 Å². The summed E-state index contributed by atoms with van der Waals surface area (Å²) in [6.07, 6.45) is 0. The van der Waals surface area contributed by atoms with Crippen LogP contribution in [0.5, 0.6) is 0 Å². The molecule has 74 valence electrons. The Kier molecular flexibility index (Phi) is 4.85. The van der Waals surface area contributed by atoms with Crippen molar-refractivity contribution in [2.24, 2.45) is 0 Å². The van der Waals surface area contributed by atoms with Crippen LogP contribution in [-0.2, 0) is 0 Å². The van der Waals surface area contributed by atoms with E-state index >= 15 is 0 Å². The third-order valence-electron chi connectivity index (χ3n) is 0.681. The second-order valence-electron chi connectivity index (χ2n) is 1.63. The molecule has 1 rings (SSSR count). The molecule has 0 saturated carbocycles. The van der Waals surface area contributed by atoms with Crippen LogP contribution in [-0.4, -0.2) is 29.6 Å². The van der Waals surface area contributed by atoms with Crippen LogP contribution in [0.3, 0.4) is 0 Å². The van der Waals surface area contributed by atoms with Crippen LogP contribution in [0.4, 0.5) is 0 Å². The zero-order valence-corrected chi connectivity index (χ0v) is 6.91. The Balaban J connectivity index is 0.000000310. The first-order valence-corrected chi connectivity index (χ1v) is 3.91. The molecule has 0 unspecified atom stereocenters. The molecular formula is C3H6N3O6P. The van der Waals surface area contributed by atoms with Gasteiger partial charge in [0.15, 0.2) is 0 Å². The molecule has 0 bridgehead atoms. The van der Waals surface area contributed by atoms with Crippen molar-refractivity contribution in [1.29, 1.82) is 0 Å². The Bertz CT molecular complexity index is 321. The summed E-state index contributed by atoms with van der Waals surface area (Å²) >= 11 is 0. The lowest BCUT2D eigenvalue weighted by Crippen LogP contribution is -2.34. The van der Waals surface area contributed by atoms with E-state index in [9.17, 15) is 14.4 Å². The monoisotopic (exact) mass is 211 g/mol. The summed E-state index contributed by atoms with van der Waals surface area (Å²) in [6.45, 7) is 0. The van der Waals surface area contributed by atoms with E-state index in [1.165, 1.54) is 0 Å². The third kappa shape index (κ3) is 7.09. The van der Waals surface area contributed by atoms with Gasteiger partial charge in [-0.05, 0) is 0 Å². The van der Waals surface area contributed by atoms with E-state index in [0.717, 1.165) is 0 Å². The lowest BCUT2D eigenvalue weighted by Gasteiger charge is -1.77. The van der Waals surface area contributed by atoms with Crippen LogP contribution in [0.25, 0.3) is 0 Å². The van der Waals surface area contributed by atoms with Crippen LogP contribution in [0.2, 0.25) is 0 Å². The molecule has 0 aliphatic rings. The molecule has 0 spiro atoms. The van der Waals surface area contributed by atoms with Gasteiger partial charge >= 0.3 is 25.7 Å². The van der Waals surface area contributed by atoms with Gasteiger partial charge in [-0.1, -0.05) is 0 Å². The molecule has 9 nitrogen and oxygen atoms in total. The van der Waals surface area contributed by atoms with Gasteiger partial charge in [-0.3, -0.25) is 15.0 Å². The average Bonchev–Trinajstić information content (AvgIpc) is 1.80. The van der Waals surface area contributed by atoms with Gasteiger partial charge in [-0.2, -0.15) is 0 Å². The molecule has 1 aromatic heterocycles. The molecule has 0 aliphatic carbocycles. The van der Waals surface area contributed by atoms with Gasteiger partial charge in [0.25, 0.3) is 0 Å². The molecule has 0 amide bonds. The molecule has 0 fully saturated rings. The number of nitrogens with one attached hydrogen (secondary N) is 3. The van der Waals surface area contributed by atoms with E-state index in [-0.39, 0.29) is 0 Å². The fourth-order valence-electron chi connectivity index (χ4n) is 0.403. The maximum atomic E-state index is 10.2. The van der Waals surface area contributed by atoms with E-state index in [1.807, 2.05) is 0 Å². The topological polar surface area (TPSA) is 159 Å². The lowest BCUT2D eigenvalue weighted by atomic mass is 11.0. The Morgan fingerprint density at radius 1 is 0.769 bits per heavy atom. The highest BCUT2D eigenvalue weighted by atomic mass is 31.2. The summed E-state index contributed by atoms with van der Waals surface area (Å²) in [5.41, 5.74) is -2.41. The molecule has 0 aliphatic heterocycles. The van der Waals surface area contributed by atoms with Crippen molar-refractivity contribution in [1.82, 2.24) is 15.0 Å². The normalized spacial score (nSPS) is 9.23. The van der Waals surface area contributed by atoms with E-state index in [1.54, 1.807) is 15.0 Å². The van der Waals surface area contributed by atoms with Crippen molar-refractivity contribution in [2.75, 3.05) is 0 Å². The highest BCUT2D eigenvalue weighted by molar-refractivity contribution is 7.38. The average molecular weight is 211 g/mol. The fraction of sp³-hybridized carbons (Fsp3) is 0. The Labute approximate surface area is 70.7 Å². The predicted octanol–water partition coefficient (Wildman–Crippen LogP) is -3.06. The summed E-state index contributed by atoms with van der Waals surface area (Å²) in [7, 11) is -2.62. The molecule has 0 saturated heterocycles. The fourth-order valence-corrected chi connectivity index (χ4v) is 0.403. The first-order valence-electron chi connectivity index (χ1n) is 2.71. The van der Waals surface area contributed by atoms with Crippen molar-refractivity contribution in [3.05, 3.63) is 31.5 Å². The van der Waals surface area contributed by atoms with Gasteiger partial charge in [-0.15, -0.1) is 0 Å². The summed E-state index contributed by atoms with van der Waals surface area (Å²) in [5, 5.41) is 0. The Hall–Kier alpha value is -1.28. The maximum Gasteiger partial charge on any atom is 0.330 e. The molecule has 13 heavy (non-hydrogen) atoms. The largest absolute Gasteiger partial charge is 0.330 e. The highest BCUT2D eigenvalue weighted by Gasteiger charge is 1.85. The van der Waals surface area contributed by atoms with Crippen LogP contribution in [0, 0.1) is 0 Å².